The molecule has 1 rings (SSSR count). The molecule has 1 amide bonds. The van der Waals surface area contributed by atoms with E-state index in [4.69, 9.17) is 4.74 Å². The number of hydrogen-bond acceptors (Lipinski definition) is 3. The molecule has 0 aromatic rings. The van der Waals surface area contributed by atoms with E-state index < -0.39 is 5.60 Å². The number of alkyl carbamates (subject to hydrolysis) is 1. The van der Waals surface area contributed by atoms with Crippen LogP contribution in [-0.4, -0.2) is 30.3 Å². The van der Waals surface area contributed by atoms with Gasteiger partial charge in [0.2, 0.25) is 0 Å². The molecular weight excluding hydrogens is 252 g/mol. The van der Waals surface area contributed by atoms with Crippen LogP contribution in [0.3, 0.4) is 0 Å². The molecule has 0 aliphatic heterocycles. The molecule has 4 nitrogen and oxygen atoms in total. The summed E-state index contributed by atoms with van der Waals surface area (Å²) in [7, 11) is 0. The fourth-order valence-corrected chi connectivity index (χ4v) is 3.03. The summed E-state index contributed by atoms with van der Waals surface area (Å²) in [5, 5.41) is 6.47. The van der Waals surface area contributed by atoms with Crippen LogP contribution < -0.4 is 10.6 Å². The van der Waals surface area contributed by atoms with Crippen molar-refractivity contribution >= 4 is 6.09 Å². The fraction of sp³-hybridized carbons (Fsp3) is 0.938. The van der Waals surface area contributed by atoms with Gasteiger partial charge in [-0.1, -0.05) is 20.3 Å². The number of nitrogens with one attached hydrogen (secondary N) is 2. The molecule has 1 fully saturated rings. The summed E-state index contributed by atoms with van der Waals surface area (Å²) in [6.07, 6.45) is 3.50. The molecule has 1 aliphatic rings. The van der Waals surface area contributed by atoms with E-state index in [1.165, 1.54) is 19.3 Å². The summed E-state index contributed by atoms with van der Waals surface area (Å²) < 4.78 is 5.24. The van der Waals surface area contributed by atoms with E-state index in [-0.39, 0.29) is 12.1 Å². The molecule has 4 heteroatoms. The Morgan fingerprint density at radius 2 is 2.00 bits per heavy atom. The Morgan fingerprint density at radius 1 is 1.35 bits per heavy atom. The molecule has 0 bridgehead atoms. The summed E-state index contributed by atoms with van der Waals surface area (Å²) in [4.78, 5) is 11.6. The molecule has 0 aromatic carbocycles. The van der Waals surface area contributed by atoms with Crippen LogP contribution in [0.15, 0.2) is 0 Å². The maximum Gasteiger partial charge on any atom is 0.407 e. The standard InChI is InChI=1S/C16H32N2O2/c1-7-13-8-9-14(12(13)3)18-11(2)10-17-15(19)20-16(4,5)6/h11-14,18H,7-10H2,1-6H3,(H,17,19). The Kier molecular flexibility index (Phi) is 6.31. The lowest BCUT2D eigenvalue weighted by atomic mass is 9.93. The van der Waals surface area contributed by atoms with Gasteiger partial charge in [-0.3, -0.25) is 0 Å². The van der Waals surface area contributed by atoms with Crippen molar-refractivity contribution in [3.63, 3.8) is 0 Å². The van der Waals surface area contributed by atoms with E-state index in [2.05, 4.69) is 31.4 Å². The topological polar surface area (TPSA) is 50.4 Å². The lowest BCUT2D eigenvalue weighted by Gasteiger charge is -2.26. The van der Waals surface area contributed by atoms with Crippen molar-refractivity contribution in [3.05, 3.63) is 0 Å². The van der Waals surface area contributed by atoms with Crippen LogP contribution in [0.25, 0.3) is 0 Å². The quantitative estimate of drug-likeness (QED) is 0.814. The third kappa shape index (κ3) is 5.70. The average molecular weight is 284 g/mol. The summed E-state index contributed by atoms with van der Waals surface area (Å²) in [6, 6.07) is 0.848. The highest BCUT2D eigenvalue weighted by Crippen LogP contribution is 2.33. The van der Waals surface area contributed by atoms with Gasteiger partial charge in [-0.15, -0.1) is 0 Å². The van der Waals surface area contributed by atoms with Crippen LogP contribution in [0, 0.1) is 11.8 Å². The van der Waals surface area contributed by atoms with E-state index in [9.17, 15) is 4.79 Å². The van der Waals surface area contributed by atoms with Gasteiger partial charge in [0.1, 0.15) is 5.60 Å². The zero-order valence-electron chi connectivity index (χ0n) is 14.0. The second kappa shape index (κ2) is 7.30. The smallest absolute Gasteiger partial charge is 0.407 e. The fourth-order valence-electron chi connectivity index (χ4n) is 3.03. The van der Waals surface area contributed by atoms with Crippen molar-refractivity contribution in [2.45, 2.75) is 78.5 Å². The first-order valence-corrected chi connectivity index (χ1v) is 7.95. The van der Waals surface area contributed by atoms with Gasteiger partial charge in [-0.2, -0.15) is 0 Å². The predicted molar refractivity (Wildman–Crippen MR) is 82.8 cm³/mol. The predicted octanol–water partition coefficient (Wildman–Crippen LogP) is 3.31. The number of hydrogen-bond donors (Lipinski definition) is 2. The molecule has 1 saturated carbocycles. The van der Waals surface area contributed by atoms with Crippen LogP contribution in [-0.2, 0) is 4.74 Å². The lowest BCUT2D eigenvalue weighted by Crippen LogP contribution is -2.46. The molecule has 2 N–H and O–H groups in total. The first-order valence-electron chi connectivity index (χ1n) is 7.95. The van der Waals surface area contributed by atoms with Crippen LogP contribution in [0.4, 0.5) is 4.79 Å². The largest absolute Gasteiger partial charge is 0.444 e. The summed E-state index contributed by atoms with van der Waals surface area (Å²) in [5.41, 5.74) is -0.435. The van der Waals surface area contributed by atoms with Crippen LogP contribution in [0.5, 0.6) is 0 Å². The molecule has 20 heavy (non-hydrogen) atoms. The molecule has 0 heterocycles. The van der Waals surface area contributed by atoms with Crippen molar-refractivity contribution in [2.24, 2.45) is 11.8 Å². The Bertz CT molecular complexity index is 312. The molecule has 4 atom stereocenters. The van der Waals surface area contributed by atoms with E-state index in [1.54, 1.807) is 0 Å². The van der Waals surface area contributed by atoms with Gasteiger partial charge in [-0.05, 0) is 52.4 Å². The van der Waals surface area contributed by atoms with Crippen molar-refractivity contribution < 1.29 is 9.53 Å². The highest BCUT2D eigenvalue weighted by Gasteiger charge is 2.32. The van der Waals surface area contributed by atoms with Gasteiger partial charge in [0.15, 0.2) is 0 Å². The van der Waals surface area contributed by atoms with E-state index in [0.717, 1.165) is 11.8 Å². The van der Waals surface area contributed by atoms with E-state index in [1.807, 2.05) is 20.8 Å². The van der Waals surface area contributed by atoms with Gasteiger partial charge >= 0.3 is 6.09 Å². The van der Waals surface area contributed by atoms with Crippen LogP contribution in [0.1, 0.15) is 60.8 Å². The molecule has 4 unspecified atom stereocenters. The number of carbonyl (C=O) groups excluding carboxylic acids is 1. The molecule has 0 spiro atoms. The SMILES string of the molecule is CCC1CCC(NC(C)CNC(=O)OC(C)(C)C)C1C. The third-order valence-electron chi connectivity index (χ3n) is 4.20. The van der Waals surface area contributed by atoms with E-state index in [0.29, 0.717) is 12.6 Å². The number of ether oxygens (including phenoxy) is 1. The monoisotopic (exact) mass is 284 g/mol. The summed E-state index contributed by atoms with van der Waals surface area (Å²) in [5.74, 6) is 1.57. The first kappa shape index (κ1) is 17.3. The third-order valence-corrected chi connectivity index (χ3v) is 4.20. The zero-order chi connectivity index (χ0) is 15.3. The number of amides is 1. The minimum absolute atomic E-state index is 0.269. The molecule has 1 aliphatic carbocycles. The molecule has 0 aromatic heterocycles. The number of rotatable bonds is 5. The minimum Gasteiger partial charge on any atom is -0.444 e. The van der Waals surface area contributed by atoms with E-state index >= 15 is 0 Å². The van der Waals surface area contributed by atoms with Crippen LogP contribution in [0.2, 0.25) is 0 Å². The average Bonchev–Trinajstić information content (AvgIpc) is 2.66. The lowest BCUT2D eigenvalue weighted by molar-refractivity contribution is 0.0522. The van der Waals surface area contributed by atoms with Crippen molar-refractivity contribution in [2.75, 3.05) is 6.54 Å². The normalized spacial score (nSPS) is 28.2. The summed E-state index contributed by atoms with van der Waals surface area (Å²) in [6.45, 7) is 13.0. The molecule has 118 valence electrons. The van der Waals surface area contributed by atoms with Gasteiger partial charge in [0, 0.05) is 18.6 Å². The highest BCUT2D eigenvalue weighted by molar-refractivity contribution is 5.67. The van der Waals surface area contributed by atoms with Crippen molar-refractivity contribution in [3.8, 4) is 0 Å². The zero-order valence-corrected chi connectivity index (χ0v) is 14.0. The highest BCUT2D eigenvalue weighted by atomic mass is 16.6. The Morgan fingerprint density at radius 3 is 2.50 bits per heavy atom. The van der Waals surface area contributed by atoms with Crippen molar-refractivity contribution in [1.29, 1.82) is 0 Å². The number of carbonyl (C=O) groups is 1. The molecule has 0 radical (unpaired) electrons. The maximum absolute atomic E-state index is 11.6. The summed E-state index contributed by atoms with van der Waals surface area (Å²) >= 11 is 0. The van der Waals surface area contributed by atoms with Crippen molar-refractivity contribution in [1.82, 2.24) is 10.6 Å². The molecule has 0 saturated heterocycles. The second-order valence-electron chi connectivity index (χ2n) is 7.16. The van der Waals surface area contributed by atoms with Gasteiger partial charge in [0.05, 0.1) is 0 Å². The van der Waals surface area contributed by atoms with Gasteiger partial charge in [0.25, 0.3) is 0 Å². The molecular formula is C16H32N2O2. The minimum atomic E-state index is -0.435. The second-order valence-corrected chi connectivity index (χ2v) is 7.16. The Hall–Kier alpha value is -0.770. The van der Waals surface area contributed by atoms with Gasteiger partial charge < -0.3 is 15.4 Å². The maximum atomic E-state index is 11.6. The first-order chi connectivity index (χ1) is 9.23. The van der Waals surface area contributed by atoms with Crippen LogP contribution >= 0.6 is 0 Å². The Balaban J connectivity index is 2.27. The van der Waals surface area contributed by atoms with Gasteiger partial charge in [-0.25, -0.2) is 4.79 Å². The Labute approximate surface area is 124 Å².